The minimum absolute atomic E-state index is 0.147. The molecule has 0 radical (unpaired) electrons. The average Bonchev–Trinajstić information content (AvgIpc) is 2.76. The Kier molecular flexibility index (Phi) is 7.25. The number of carbonyl (C=O) groups excluding carboxylic acids is 1. The third-order valence-electron chi connectivity index (χ3n) is 5.06. The predicted molar refractivity (Wildman–Crippen MR) is 121 cm³/mol. The van der Waals surface area contributed by atoms with Gasteiger partial charge in [-0.3, -0.25) is 9.10 Å². The van der Waals surface area contributed by atoms with E-state index in [9.17, 15) is 22.0 Å². The minimum atomic E-state index is -3.83. The van der Waals surface area contributed by atoms with Crippen molar-refractivity contribution in [3.63, 3.8) is 0 Å². The standard InChI is InChI=1S/C24H24F2N2O3S/c1-17(19-6-4-3-5-7-19)15-27-24(29)20-10-8-18(9-11-20)16-28(32(2,30)31)23-13-12-21(25)14-22(23)26/h3-14,17H,15-16H2,1-2H3,(H,27,29). The van der Waals surface area contributed by atoms with Crippen molar-refractivity contribution >= 4 is 21.6 Å². The fourth-order valence-corrected chi connectivity index (χ4v) is 4.13. The second-order valence-electron chi connectivity index (χ2n) is 7.58. The summed E-state index contributed by atoms with van der Waals surface area (Å²) in [6.07, 6.45) is 0.950. The maximum Gasteiger partial charge on any atom is 0.251 e. The van der Waals surface area contributed by atoms with E-state index in [2.05, 4.69) is 5.32 Å². The van der Waals surface area contributed by atoms with E-state index >= 15 is 0 Å². The number of benzene rings is 3. The maximum atomic E-state index is 14.2. The zero-order valence-corrected chi connectivity index (χ0v) is 18.6. The van der Waals surface area contributed by atoms with Crippen LogP contribution in [0.3, 0.4) is 0 Å². The van der Waals surface area contributed by atoms with Crippen molar-refractivity contribution in [2.45, 2.75) is 19.4 Å². The lowest BCUT2D eigenvalue weighted by Gasteiger charge is -2.23. The van der Waals surface area contributed by atoms with Crippen LogP contribution in [-0.4, -0.2) is 27.1 Å². The SMILES string of the molecule is CC(CNC(=O)c1ccc(CN(c2ccc(F)cc2F)S(C)(=O)=O)cc1)c1ccccc1. The van der Waals surface area contributed by atoms with Gasteiger partial charge in [-0.15, -0.1) is 0 Å². The van der Waals surface area contributed by atoms with Gasteiger partial charge < -0.3 is 5.32 Å². The molecule has 0 aromatic heterocycles. The molecule has 1 amide bonds. The van der Waals surface area contributed by atoms with Crippen LogP contribution in [0.5, 0.6) is 0 Å². The van der Waals surface area contributed by atoms with Gasteiger partial charge in [-0.2, -0.15) is 0 Å². The van der Waals surface area contributed by atoms with Gasteiger partial charge >= 0.3 is 0 Å². The number of rotatable bonds is 8. The fourth-order valence-electron chi connectivity index (χ4n) is 3.24. The molecule has 1 atom stereocenters. The molecule has 0 fully saturated rings. The van der Waals surface area contributed by atoms with Gasteiger partial charge in [0, 0.05) is 18.2 Å². The Morgan fingerprint density at radius 2 is 1.66 bits per heavy atom. The van der Waals surface area contributed by atoms with E-state index in [1.54, 1.807) is 24.3 Å². The smallest absolute Gasteiger partial charge is 0.251 e. The molecule has 0 saturated carbocycles. The lowest BCUT2D eigenvalue weighted by atomic mass is 10.0. The zero-order valence-electron chi connectivity index (χ0n) is 17.8. The van der Waals surface area contributed by atoms with Crippen LogP contribution in [0.4, 0.5) is 14.5 Å². The van der Waals surface area contributed by atoms with E-state index in [0.29, 0.717) is 23.7 Å². The summed E-state index contributed by atoms with van der Waals surface area (Å²) in [4.78, 5) is 12.5. The summed E-state index contributed by atoms with van der Waals surface area (Å²) in [5, 5.41) is 2.89. The molecular weight excluding hydrogens is 434 g/mol. The Hall–Kier alpha value is -3.26. The van der Waals surface area contributed by atoms with E-state index < -0.39 is 21.7 Å². The number of amides is 1. The summed E-state index contributed by atoms with van der Waals surface area (Å²) in [5.74, 6) is -1.87. The molecule has 0 saturated heterocycles. The first-order valence-electron chi connectivity index (χ1n) is 10.00. The zero-order chi connectivity index (χ0) is 23.3. The first-order valence-corrected chi connectivity index (χ1v) is 11.8. The minimum Gasteiger partial charge on any atom is -0.351 e. The molecule has 3 rings (SSSR count). The maximum absolute atomic E-state index is 14.2. The highest BCUT2D eigenvalue weighted by Gasteiger charge is 2.22. The van der Waals surface area contributed by atoms with Crippen LogP contribution in [0, 0.1) is 11.6 Å². The van der Waals surface area contributed by atoms with Crippen LogP contribution in [0.25, 0.3) is 0 Å². The van der Waals surface area contributed by atoms with Gasteiger partial charge in [-0.1, -0.05) is 49.4 Å². The molecule has 1 N–H and O–H groups in total. The third kappa shape index (κ3) is 5.91. The normalized spacial score (nSPS) is 12.2. The molecule has 0 aliphatic rings. The molecule has 8 heteroatoms. The van der Waals surface area contributed by atoms with Gasteiger partial charge in [-0.05, 0) is 41.3 Å². The third-order valence-corrected chi connectivity index (χ3v) is 6.18. The lowest BCUT2D eigenvalue weighted by molar-refractivity contribution is 0.0951. The van der Waals surface area contributed by atoms with E-state index in [4.69, 9.17) is 0 Å². The lowest BCUT2D eigenvalue weighted by Crippen LogP contribution is -2.30. The van der Waals surface area contributed by atoms with E-state index in [0.717, 1.165) is 28.3 Å². The van der Waals surface area contributed by atoms with E-state index in [-0.39, 0.29) is 24.1 Å². The molecule has 1 unspecified atom stereocenters. The van der Waals surface area contributed by atoms with Gasteiger partial charge in [0.2, 0.25) is 10.0 Å². The first kappa shape index (κ1) is 23.4. The van der Waals surface area contributed by atoms with Crippen LogP contribution >= 0.6 is 0 Å². The monoisotopic (exact) mass is 458 g/mol. The largest absolute Gasteiger partial charge is 0.351 e. The highest BCUT2D eigenvalue weighted by Crippen LogP contribution is 2.25. The van der Waals surface area contributed by atoms with Crippen molar-refractivity contribution in [1.29, 1.82) is 0 Å². The molecule has 3 aromatic carbocycles. The second-order valence-corrected chi connectivity index (χ2v) is 9.49. The first-order chi connectivity index (χ1) is 15.1. The fraction of sp³-hybridized carbons (Fsp3) is 0.208. The summed E-state index contributed by atoms with van der Waals surface area (Å²) in [6, 6.07) is 18.9. The van der Waals surface area contributed by atoms with Crippen LogP contribution in [0.1, 0.15) is 34.3 Å². The number of carbonyl (C=O) groups is 1. The van der Waals surface area contributed by atoms with Crippen molar-refractivity contribution in [2.75, 3.05) is 17.1 Å². The number of hydrogen-bond donors (Lipinski definition) is 1. The Balaban J connectivity index is 1.69. The van der Waals surface area contributed by atoms with Gasteiger partial charge in [0.15, 0.2) is 0 Å². The Labute approximate surface area is 186 Å². The van der Waals surface area contributed by atoms with Crippen molar-refractivity contribution in [2.24, 2.45) is 0 Å². The summed E-state index contributed by atoms with van der Waals surface area (Å²) in [7, 11) is -3.83. The number of halogens is 2. The average molecular weight is 459 g/mol. The number of anilines is 1. The Bertz CT molecular complexity index is 1180. The van der Waals surface area contributed by atoms with Crippen LogP contribution < -0.4 is 9.62 Å². The van der Waals surface area contributed by atoms with Gasteiger partial charge in [0.1, 0.15) is 11.6 Å². The highest BCUT2D eigenvalue weighted by molar-refractivity contribution is 7.92. The Morgan fingerprint density at radius 3 is 2.25 bits per heavy atom. The van der Waals surface area contributed by atoms with E-state index in [1.165, 1.54) is 0 Å². The van der Waals surface area contributed by atoms with Gasteiger partial charge in [0.05, 0.1) is 18.5 Å². The summed E-state index contributed by atoms with van der Waals surface area (Å²) in [6.45, 7) is 2.33. The second kappa shape index (κ2) is 9.91. The molecule has 168 valence electrons. The molecular formula is C24H24F2N2O3S. The number of hydrogen-bond acceptors (Lipinski definition) is 3. The van der Waals surface area contributed by atoms with Crippen molar-refractivity contribution in [3.05, 3.63) is 101 Å². The van der Waals surface area contributed by atoms with Crippen LogP contribution in [0.2, 0.25) is 0 Å². The van der Waals surface area contributed by atoms with E-state index in [1.807, 2.05) is 37.3 Å². The summed E-state index contributed by atoms with van der Waals surface area (Å²) >= 11 is 0. The van der Waals surface area contributed by atoms with Crippen LogP contribution in [0.15, 0.2) is 72.8 Å². The molecule has 5 nitrogen and oxygen atoms in total. The van der Waals surface area contributed by atoms with Crippen LogP contribution in [-0.2, 0) is 16.6 Å². The Morgan fingerprint density at radius 1 is 1.00 bits per heavy atom. The summed E-state index contributed by atoms with van der Waals surface area (Å²) in [5.41, 5.74) is 1.85. The molecule has 0 bridgehead atoms. The van der Waals surface area contributed by atoms with Gasteiger partial charge in [0.25, 0.3) is 5.91 Å². The number of sulfonamides is 1. The van der Waals surface area contributed by atoms with Crippen molar-refractivity contribution < 1.29 is 22.0 Å². The molecule has 0 aliphatic carbocycles. The molecule has 0 heterocycles. The molecule has 3 aromatic rings. The predicted octanol–water partition coefficient (Wildman–Crippen LogP) is 4.46. The topological polar surface area (TPSA) is 66.5 Å². The summed E-state index contributed by atoms with van der Waals surface area (Å²) < 4.78 is 52.7. The number of nitrogens with zero attached hydrogens (tertiary/aromatic N) is 1. The molecule has 0 aliphatic heterocycles. The molecule has 0 spiro atoms. The van der Waals surface area contributed by atoms with Crippen molar-refractivity contribution in [1.82, 2.24) is 5.32 Å². The molecule has 32 heavy (non-hydrogen) atoms. The number of nitrogens with one attached hydrogen (secondary N) is 1. The van der Waals surface area contributed by atoms with Gasteiger partial charge in [-0.25, -0.2) is 17.2 Å². The quantitative estimate of drug-likeness (QED) is 0.542. The van der Waals surface area contributed by atoms with Crippen molar-refractivity contribution in [3.8, 4) is 0 Å². The highest BCUT2D eigenvalue weighted by atomic mass is 32.2.